The highest BCUT2D eigenvalue weighted by Gasteiger charge is 2.67. The SMILES string of the molecule is CC1[C@@H](COC(=O)c2ccccc2)O[C@@](Br)(n2ccc(N)nc2=O)C1(F)F. The highest BCUT2D eigenvalue weighted by molar-refractivity contribution is 9.09. The summed E-state index contributed by atoms with van der Waals surface area (Å²) in [4.78, 5) is 27.5. The van der Waals surface area contributed by atoms with Gasteiger partial charge in [0.2, 0.25) is 0 Å². The fourth-order valence-corrected chi connectivity index (χ4v) is 3.61. The predicted molar refractivity (Wildman–Crippen MR) is 95.5 cm³/mol. The van der Waals surface area contributed by atoms with Gasteiger partial charge in [0.1, 0.15) is 18.5 Å². The molecule has 2 N–H and O–H groups in total. The number of ether oxygens (including phenoxy) is 2. The van der Waals surface area contributed by atoms with Crippen LogP contribution in [0, 0.1) is 5.92 Å². The lowest BCUT2D eigenvalue weighted by Gasteiger charge is -2.30. The number of nitrogens with zero attached hydrogens (tertiary/aromatic N) is 2. The van der Waals surface area contributed by atoms with Crippen LogP contribution in [0.15, 0.2) is 47.4 Å². The molecule has 0 saturated carbocycles. The number of hydrogen-bond acceptors (Lipinski definition) is 6. The van der Waals surface area contributed by atoms with Crippen LogP contribution in [0.4, 0.5) is 14.6 Å². The molecule has 2 aromatic rings. The molecular weight excluding hydrogens is 428 g/mol. The first-order valence-corrected chi connectivity index (χ1v) is 8.78. The van der Waals surface area contributed by atoms with Crippen molar-refractivity contribution in [2.24, 2.45) is 5.92 Å². The average molecular weight is 444 g/mol. The second-order valence-corrected chi connectivity index (χ2v) is 7.17. The van der Waals surface area contributed by atoms with Gasteiger partial charge in [-0.2, -0.15) is 13.8 Å². The number of alkyl halides is 3. The molecule has 3 atom stereocenters. The molecule has 144 valence electrons. The van der Waals surface area contributed by atoms with Gasteiger partial charge in [0, 0.05) is 6.20 Å². The molecule has 27 heavy (non-hydrogen) atoms. The summed E-state index contributed by atoms with van der Waals surface area (Å²) in [6.45, 7) is 0.842. The topological polar surface area (TPSA) is 96.4 Å². The third kappa shape index (κ3) is 3.34. The molecule has 1 aliphatic rings. The van der Waals surface area contributed by atoms with Crippen LogP contribution in [-0.4, -0.2) is 34.2 Å². The van der Waals surface area contributed by atoms with Gasteiger partial charge in [-0.3, -0.25) is 4.57 Å². The second kappa shape index (κ2) is 7.01. The Labute approximate surface area is 161 Å². The van der Waals surface area contributed by atoms with Crippen molar-refractivity contribution in [3.63, 3.8) is 0 Å². The molecule has 0 aliphatic carbocycles. The van der Waals surface area contributed by atoms with Gasteiger partial charge < -0.3 is 15.2 Å². The smallest absolute Gasteiger partial charge is 0.352 e. The standard InChI is InChI=1S/C17H16BrF2N3O4/c1-10-12(9-26-14(24)11-5-3-2-4-6-11)27-17(18,16(10,19)20)23-8-7-13(21)22-15(23)25/h2-8,10,12H,9H2,1H3,(H2,21,22,25)/t10?,12-,17+/m1/s1. The third-order valence-corrected chi connectivity index (χ3v) is 5.47. The fraction of sp³-hybridized carbons (Fsp3) is 0.353. The Kier molecular flexibility index (Phi) is 5.04. The summed E-state index contributed by atoms with van der Waals surface area (Å²) in [6, 6.07) is 9.34. The summed E-state index contributed by atoms with van der Waals surface area (Å²) < 4.78 is 38.5. The normalized spacial score (nSPS) is 26.7. The van der Waals surface area contributed by atoms with Crippen molar-refractivity contribution in [3.05, 3.63) is 58.6 Å². The number of carbonyl (C=O) groups is 1. The van der Waals surface area contributed by atoms with Crippen molar-refractivity contribution in [2.75, 3.05) is 12.3 Å². The van der Waals surface area contributed by atoms with Crippen LogP contribution in [-0.2, 0) is 14.1 Å². The molecule has 1 fully saturated rings. The Bertz CT molecular complexity index is 909. The number of nitrogens with two attached hydrogens (primary N) is 1. The number of carbonyl (C=O) groups excluding carboxylic acids is 1. The molecule has 1 aromatic carbocycles. The molecule has 1 saturated heterocycles. The minimum atomic E-state index is -3.50. The Morgan fingerprint density at radius 1 is 1.37 bits per heavy atom. The van der Waals surface area contributed by atoms with E-state index in [9.17, 15) is 18.4 Å². The number of esters is 1. The minimum Gasteiger partial charge on any atom is -0.459 e. The predicted octanol–water partition coefficient (Wildman–Crippen LogP) is 2.36. The van der Waals surface area contributed by atoms with Gasteiger partial charge in [-0.1, -0.05) is 25.1 Å². The molecular formula is C17H16BrF2N3O4. The highest BCUT2D eigenvalue weighted by Crippen LogP contribution is 2.54. The molecule has 1 aliphatic heterocycles. The maximum absolute atomic E-state index is 14.9. The van der Waals surface area contributed by atoms with Gasteiger partial charge in [0.25, 0.3) is 4.63 Å². The number of hydrogen-bond donors (Lipinski definition) is 1. The molecule has 3 rings (SSSR count). The molecule has 0 radical (unpaired) electrons. The number of aromatic nitrogens is 2. The van der Waals surface area contributed by atoms with Crippen molar-refractivity contribution >= 4 is 27.7 Å². The maximum Gasteiger partial charge on any atom is 0.352 e. The van der Waals surface area contributed by atoms with Crippen LogP contribution >= 0.6 is 15.9 Å². The number of anilines is 1. The van der Waals surface area contributed by atoms with E-state index in [0.29, 0.717) is 10.1 Å². The minimum absolute atomic E-state index is 0.102. The highest BCUT2D eigenvalue weighted by atomic mass is 79.9. The lowest BCUT2D eigenvalue weighted by molar-refractivity contribution is -0.148. The second-order valence-electron chi connectivity index (χ2n) is 6.10. The molecule has 1 unspecified atom stereocenters. The fourth-order valence-electron chi connectivity index (χ4n) is 2.74. The van der Waals surface area contributed by atoms with Crippen molar-refractivity contribution in [3.8, 4) is 0 Å². The van der Waals surface area contributed by atoms with E-state index in [-0.39, 0.29) is 5.82 Å². The van der Waals surface area contributed by atoms with Crippen molar-refractivity contribution < 1.29 is 23.0 Å². The molecule has 0 bridgehead atoms. The van der Waals surface area contributed by atoms with Gasteiger partial charge >= 0.3 is 17.6 Å². The number of halogens is 3. The first kappa shape index (κ1) is 19.4. The molecule has 10 heteroatoms. The van der Waals surface area contributed by atoms with E-state index in [2.05, 4.69) is 20.9 Å². The monoisotopic (exact) mass is 443 g/mol. The Morgan fingerprint density at radius 3 is 2.67 bits per heavy atom. The summed E-state index contributed by atoms with van der Waals surface area (Å²) in [5.74, 6) is -5.62. The van der Waals surface area contributed by atoms with E-state index < -0.39 is 40.8 Å². The van der Waals surface area contributed by atoms with Crippen LogP contribution < -0.4 is 11.4 Å². The Morgan fingerprint density at radius 2 is 2.04 bits per heavy atom. The van der Waals surface area contributed by atoms with Gasteiger partial charge in [-0.25, -0.2) is 9.59 Å². The lowest BCUT2D eigenvalue weighted by Crippen LogP contribution is -2.49. The van der Waals surface area contributed by atoms with Crippen LogP contribution in [0.25, 0.3) is 0 Å². The Hall–Kier alpha value is -2.33. The van der Waals surface area contributed by atoms with Crippen LogP contribution in [0.2, 0.25) is 0 Å². The van der Waals surface area contributed by atoms with Crippen molar-refractivity contribution in [1.82, 2.24) is 9.55 Å². The number of rotatable bonds is 4. The van der Waals surface area contributed by atoms with E-state index >= 15 is 0 Å². The van der Waals surface area contributed by atoms with Gasteiger partial charge in [-0.05, 0) is 34.1 Å². The van der Waals surface area contributed by atoms with Crippen LogP contribution in [0.5, 0.6) is 0 Å². The number of benzene rings is 1. The van der Waals surface area contributed by atoms with Crippen molar-refractivity contribution in [1.29, 1.82) is 0 Å². The first-order valence-electron chi connectivity index (χ1n) is 7.99. The van der Waals surface area contributed by atoms with E-state index in [1.54, 1.807) is 30.3 Å². The molecule has 1 aromatic heterocycles. The zero-order valence-corrected chi connectivity index (χ0v) is 15.7. The Balaban J connectivity index is 1.81. The van der Waals surface area contributed by atoms with Gasteiger partial charge in [-0.15, -0.1) is 0 Å². The first-order chi connectivity index (χ1) is 12.7. The summed E-state index contributed by atoms with van der Waals surface area (Å²) in [6.07, 6.45) is -0.0882. The van der Waals surface area contributed by atoms with Gasteiger partial charge in [0.05, 0.1) is 11.5 Å². The lowest BCUT2D eigenvalue weighted by atomic mass is 10.00. The van der Waals surface area contributed by atoms with E-state index in [1.165, 1.54) is 13.0 Å². The van der Waals surface area contributed by atoms with E-state index in [4.69, 9.17) is 15.2 Å². The van der Waals surface area contributed by atoms with E-state index in [1.807, 2.05) is 0 Å². The summed E-state index contributed by atoms with van der Waals surface area (Å²) in [5, 5.41) is 0. The van der Waals surface area contributed by atoms with Gasteiger partial charge in [0.15, 0.2) is 0 Å². The zero-order chi connectivity index (χ0) is 19.8. The molecule has 0 spiro atoms. The van der Waals surface area contributed by atoms with E-state index in [0.717, 1.165) is 6.20 Å². The third-order valence-electron chi connectivity index (χ3n) is 4.37. The zero-order valence-electron chi connectivity index (χ0n) is 14.1. The quantitative estimate of drug-likeness (QED) is 0.575. The van der Waals surface area contributed by atoms with Crippen LogP contribution in [0.3, 0.4) is 0 Å². The van der Waals surface area contributed by atoms with Crippen LogP contribution in [0.1, 0.15) is 17.3 Å². The number of nitrogen functional groups attached to an aromatic ring is 1. The molecule has 7 nitrogen and oxygen atoms in total. The summed E-state index contributed by atoms with van der Waals surface area (Å²) >= 11 is 2.85. The maximum atomic E-state index is 14.9. The molecule has 0 amide bonds. The summed E-state index contributed by atoms with van der Waals surface area (Å²) in [5.41, 5.74) is 4.69. The molecule has 2 heterocycles. The summed E-state index contributed by atoms with van der Waals surface area (Å²) in [7, 11) is 0. The largest absolute Gasteiger partial charge is 0.459 e. The van der Waals surface area contributed by atoms with Crippen molar-refractivity contribution in [2.45, 2.75) is 23.6 Å². The average Bonchev–Trinajstić information content (AvgIpc) is 2.81.